The van der Waals surface area contributed by atoms with E-state index >= 15 is 0 Å². The third-order valence-corrected chi connectivity index (χ3v) is 5.17. The first-order valence-corrected chi connectivity index (χ1v) is 8.71. The van der Waals surface area contributed by atoms with Crippen LogP contribution in [0.25, 0.3) is 10.6 Å². The van der Waals surface area contributed by atoms with Gasteiger partial charge in [0.25, 0.3) is 5.91 Å². The van der Waals surface area contributed by atoms with Crippen LogP contribution in [-0.4, -0.2) is 16.9 Å². The van der Waals surface area contributed by atoms with E-state index in [4.69, 9.17) is 0 Å². The lowest BCUT2D eigenvalue weighted by molar-refractivity contribution is -0.141. The summed E-state index contributed by atoms with van der Waals surface area (Å²) in [5.41, 5.74) is -0.524. The molecular weight excluding hydrogens is 337 g/mol. The molecule has 0 radical (unpaired) electrons. The fraction of sp³-hybridized carbons (Fsp3) is 0.412. The summed E-state index contributed by atoms with van der Waals surface area (Å²) in [6.45, 7) is 0. The normalized spacial score (nSPS) is 16.1. The van der Waals surface area contributed by atoms with Gasteiger partial charge in [0.05, 0.1) is 0 Å². The predicted molar refractivity (Wildman–Crippen MR) is 86.9 cm³/mol. The number of aromatic nitrogens is 1. The molecule has 24 heavy (non-hydrogen) atoms. The van der Waals surface area contributed by atoms with Crippen LogP contribution in [-0.2, 0) is 6.18 Å². The predicted octanol–water partition coefficient (Wildman–Crippen LogP) is 4.89. The van der Waals surface area contributed by atoms with E-state index in [0.717, 1.165) is 43.4 Å². The number of carbonyl (C=O) groups excluding carboxylic acids is 1. The number of carbonyl (C=O) groups is 1. The number of halogens is 3. The first kappa shape index (κ1) is 17.0. The number of rotatable bonds is 3. The van der Waals surface area contributed by atoms with Crippen LogP contribution in [0.3, 0.4) is 0 Å². The highest BCUT2D eigenvalue weighted by Crippen LogP contribution is 2.37. The van der Waals surface area contributed by atoms with Gasteiger partial charge in [-0.1, -0.05) is 49.6 Å². The summed E-state index contributed by atoms with van der Waals surface area (Å²) >= 11 is 0.793. The van der Waals surface area contributed by atoms with Crippen LogP contribution in [0.15, 0.2) is 30.3 Å². The van der Waals surface area contributed by atoms with Crippen molar-refractivity contribution in [3.05, 3.63) is 40.9 Å². The Kier molecular flexibility index (Phi) is 4.89. The van der Waals surface area contributed by atoms with Crippen molar-refractivity contribution >= 4 is 17.2 Å². The third kappa shape index (κ3) is 3.77. The number of hydrogen-bond donors (Lipinski definition) is 1. The maximum atomic E-state index is 13.3. The molecule has 0 unspecified atom stereocenters. The van der Waals surface area contributed by atoms with E-state index in [1.165, 1.54) is 0 Å². The zero-order valence-corrected chi connectivity index (χ0v) is 13.7. The molecule has 1 fully saturated rings. The summed E-state index contributed by atoms with van der Waals surface area (Å²) in [7, 11) is 0. The Labute approximate surface area is 141 Å². The number of alkyl halides is 3. The summed E-state index contributed by atoms with van der Waals surface area (Å²) in [4.78, 5) is 15.7. The molecule has 0 aliphatic heterocycles. The highest BCUT2D eigenvalue weighted by Gasteiger charge is 2.40. The number of nitrogens with zero attached hydrogens (tertiary/aromatic N) is 1. The minimum atomic E-state index is -4.65. The van der Waals surface area contributed by atoms with Crippen LogP contribution in [0.5, 0.6) is 0 Å². The second-order valence-corrected chi connectivity index (χ2v) is 6.87. The van der Waals surface area contributed by atoms with Crippen LogP contribution in [0.4, 0.5) is 13.2 Å². The van der Waals surface area contributed by atoms with Gasteiger partial charge < -0.3 is 5.32 Å². The molecule has 0 saturated heterocycles. The van der Waals surface area contributed by atoms with Gasteiger partial charge in [-0.25, -0.2) is 4.98 Å². The lowest BCUT2D eigenvalue weighted by Crippen LogP contribution is -2.36. The van der Waals surface area contributed by atoms with Crippen LogP contribution in [0, 0.1) is 0 Å². The second-order valence-electron chi connectivity index (χ2n) is 5.87. The summed E-state index contributed by atoms with van der Waals surface area (Å²) in [5.74, 6) is -0.672. The van der Waals surface area contributed by atoms with Gasteiger partial charge >= 0.3 is 6.18 Å². The van der Waals surface area contributed by atoms with Gasteiger partial charge in [0.15, 0.2) is 5.69 Å². The van der Waals surface area contributed by atoms with Crippen LogP contribution in [0.1, 0.15) is 47.5 Å². The molecule has 1 saturated carbocycles. The van der Waals surface area contributed by atoms with Crippen molar-refractivity contribution in [2.45, 2.75) is 44.3 Å². The Morgan fingerprint density at radius 2 is 1.79 bits per heavy atom. The van der Waals surface area contributed by atoms with Crippen LogP contribution in [0.2, 0.25) is 0 Å². The molecule has 1 aromatic heterocycles. The Morgan fingerprint density at radius 1 is 1.12 bits per heavy atom. The minimum Gasteiger partial charge on any atom is -0.349 e. The minimum absolute atomic E-state index is 0.0467. The van der Waals surface area contributed by atoms with Crippen LogP contribution >= 0.6 is 11.3 Å². The molecule has 1 aromatic carbocycles. The van der Waals surface area contributed by atoms with Crippen molar-refractivity contribution in [3.63, 3.8) is 0 Å². The van der Waals surface area contributed by atoms with E-state index in [-0.39, 0.29) is 15.9 Å². The smallest absolute Gasteiger partial charge is 0.349 e. The van der Waals surface area contributed by atoms with Gasteiger partial charge in [-0.2, -0.15) is 13.2 Å². The fourth-order valence-electron chi connectivity index (χ4n) is 2.87. The number of hydrogen-bond acceptors (Lipinski definition) is 3. The van der Waals surface area contributed by atoms with Gasteiger partial charge in [-0.15, -0.1) is 11.3 Å². The Balaban J connectivity index is 1.90. The van der Waals surface area contributed by atoms with Gasteiger partial charge in [0.1, 0.15) is 9.88 Å². The highest BCUT2D eigenvalue weighted by atomic mass is 32.1. The highest BCUT2D eigenvalue weighted by molar-refractivity contribution is 7.17. The summed E-state index contributed by atoms with van der Waals surface area (Å²) in [5, 5.41) is 2.95. The number of thiazole rings is 1. The van der Waals surface area contributed by atoms with E-state index in [1.807, 2.05) is 0 Å². The fourth-order valence-corrected chi connectivity index (χ4v) is 3.86. The zero-order valence-electron chi connectivity index (χ0n) is 12.9. The molecular formula is C17H17F3N2OS. The average molecular weight is 354 g/mol. The first-order chi connectivity index (χ1) is 11.4. The van der Waals surface area contributed by atoms with E-state index in [9.17, 15) is 18.0 Å². The number of benzene rings is 1. The van der Waals surface area contributed by atoms with Crippen molar-refractivity contribution in [3.8, 4) is 10.6 Å². The molecule has 0 spiro atoms. The van der Waals surface area contributed by atoms with E-state index in [1.54, 1.807) is 30.3 Å². The van der Waals surface area contributed by atoms with Gasteiger partial charge in [0.2, 0.25) is 0 Å². The standard InChI is InChI=1S/C17H17F3N2OS/c18-17(19,20)14-13(15(23)21-12-9-5-2-6-10-12)24-16(22-14)11-7-3-1-4-8-11/h1,3-4,7-8,12H,2,5-6,9-10H2,(H,21,23). The van der Waals surface area contributed by atoms with E-state index < -0.39 is 17.8 Å². The Hall–Kier alpha value is -1.89. The molecule has 1 amide bonds. The molecule has 1 aliphatic carbocycles. The molecule has 0 atom stereocenters. The van der Waals surface area contributed by atoms with E-state index in [2.05, 4.69) is 10.3 Å². The second kappa shape index (κ2) is 6.93. The molecule has 1 heterocycles. The Bertz CT molecular complexity index is 706. The van der Waals surface area contributed by atoms with Crippen molar-refractivity contribution in [2.24, 2.45) is 0 Å². The first-order valence-electron chi connectivity index (χ1n) is 7.89. The average Bonchev–Trinajstić information content (AvgIpc) is 3.02. The summed E-state index contributed by atoms with van der Waals surface area (Å²) < 4.78 is 39.8. The molecule has 3 nitrogen and oxygen atoms in total. The molecule has 0 bridgehead atoms. The molecule has 3 rings (SSSR count). The maximum Gasteiger partial charge on any atom is 0.435 e. The largest absolute Gasteiger partial charge is 0.435 e. The number of nitrogens with one attached hydrogen (secondary N) is 1. The summed E-state index contributed by atoms with van der Waals surface area (Å²) in [6, 6.07) is 8.55. The van der Waals surface area contributed by atoms with Crippen molar-refractivity contribution in [1.29, 1.82) is 0 Å². The van der Waals surface area contributed by atoms with Crippen molar-refractivity contribution in [2.75, 3.05) is 0 Å². The van der Waals surface area contributed by atoms with Gasteiger partial charge in [-0.3, -0.25) is 4.79 Å². The summed E-state index contributed by atoms with van der Waals surface area (Å²) in [6.07, 6.45) is 0.0839. The number of amides is 1. The molecule has 2 aromatic rings. The van der Waals surface area contributed by atoms with Crippen molar-refractivity contribution in [1.82, 2.24) is 10.3 Å². The molecule has 7 heteroatoms. The SMILES string of the molecule is O=C(NC1CCCCC1)c1sc(-c2ccccc2)nc1C(F)(F)F. The van der Waals surface area contributed by atoms with Gasteiger partial charge in [-0.05, 0) is 12.8 Å². The lowest BCUT2D eigenvalue weighted by Gasteiger charge is -2.22. The topological polar surface area (TPSA) is 42.0 Å². The van der Waals surface area contributed by atoms with Crippen molar-refractivity contribution < 1.29 is 18.0 Å². The third-order valence-electron chi connectivity index (χ3n) is 4.06. The Morgan fingerprint density at radius 3 is 2.42 bits per heavy atom. The quantitative estimate of drug-likeness (QED) is 0.852. The zero-order chi connectivity index (χ0) is 17.2. The van der Waals surface area contributed by atoms with Gasteiger partial charge in [0, 0.05) is 11.6 Å². The molecule has 128 valence electrons. The molecule has 1 N–H and O–H groups in total. The molecule has 1 aliphatic rings. The van der Waals surface area contributed by atoms with E-state index in [0.29, 0.717) is 5.56 Å². The maximum absolute atomic E-state index is 13.3. The van der Waals surface area contributed by atoms with Crippen LogP contribution < -0.4 is 5.32 Å². The monoisotopic (exact) mass is 354 g/mol. The lowest BCUT2D eigenvalue weighted by atomic mass is 9.95.